The molecule has 0 aliphatic carbocycles. The molecule has 1 aromatic rings. The fourth-order valence-corrected chi connectivity index (χ4v) is 1.67. The molecule has 1 rings (SSSR count). The molecule has 86 valence electrons. The van der Waals surface area contributed by atoms with Gasteiger partial charge in [0, 0.05) is 12.8 Å². The van der Waals surface area contributed by atoms with Crippen LogP contribution >= 0.6 is 0 Å². The highest BCUT2D eigenvalue weighted by atomic mass is 13.9. The van der Waals surface area contributed by atoms with Gasteiger partial charge in [-0.25, -0.2) is 0 Å². The van der Waals surface area contributed by atoms with Crippen molar-refractivity contribution in [3.8, 4) is 11.8 Å². The number of hydrogen-bond acceptors (Lipinski definition) is 0. The lowest BCUT2D eigenvalue weighted by atomic mass is 10.1. The van der Waals surface area contributed by atoms with Crippen LogP contribution in [0, 0.1) is 11.8 Å². The summed E-state index contributed by atoms with van der Waals surface area (Å²) >= 11 is 0. The van der Waals surface area contributed by atoms with Gasteiger partial charge in [-0.3, -0.25) is 0 Å². The number of benzene rings is 1. The Hall–Kier alpha value is -1.22. The maximum Gasteiger partial charge on any atom is 0.00918 e. The van der Waals surface area contributed by atoms with E-state index in [2.05, 4.69) is 49.1 Å². The summed E-state index contributed by atoms with van der Waals surface area (Å²) in [6.45, 7) is 2.23. The molecule has 1 aromatic carbocycles. The van der Waals surface area contributed by atoms with Gasteiger partial charge in [0.15, 0.2) is 0 Å². The predicted octanol–water partition coefficient (Wildman–Crippen LogP) is 4.59. The summed E-state index contributed by atoms with van der Waals surface area (Å²) in [6, 6.07) is 10.7. The predicted molar refractivity (Wildman–Crippen MR) is 71.3 cm³/mol. The first-order valence-corrected chi connectivity index (χ1v) is 6.43. The van der Waals surface area contributed by atoms with Crippen LogP contribution in [-0.2, 0) is 6.42 Å². The second-order valence-electron chi connectivity index (χ2n) is 4.15. The van der Waals surface area contributed by atoms with Crippen LogP contribution in [0.3, 0.4) is 0 Å². The van der Waals surface area contributed by atoms with E-state index in [0.29, 0.717) is 0 Å². The van der Waals surface area contributed by atoms with Crippen LogP contribution in [-0.4, -0.2) is 0 Å². The monoisotopic (exact) mass is 214 g/mol. The van der Waals surface area contributed by atoms with E-state index in [9.17, 15) is 0 Å². The van der Waals surface area contributed by atoms with E-state index in [-0.39, 0.29) is 0 Å². The molecule has 0 amide bonds. The maximum atomic E-state index is 3.26. The molecule has 0 aliphatic rings. The van der Waals surface area contributed by atoms with E-state index in [0.717, 1.165) is 19.3 Å². The normalized spacial score (nSPS) is 9.56. The highest BCUT2D eigenvalue weighted by Gasteiger charge is 1.89. The van der Waals surface area contributed by atoms with Gasteiger partial charge >= 0.3 is 0 Å². The Morgan fingerprint density at radius 2 is 1.56 bits per heavy atom. The Kier molecular flexibility index (Phi) is 7.26. The van der Waals surface area contributed by atoms with Crippen molar-refractivity contribution in [1.82, 2.24) is 0 Å². The van der Waals surface area contributed by atoms with Gasteiger partial charge in [0.05, 0.1) is 0 Å². The van der Waals surface area contributed by atoms with E-state index >= 15 is 0 Å². The molecule has 16 heavy (non-hydrogen) atoms. The third-order valence-corrected chi connectivity index (χ3v) is 2.64. The van der Waals surface area contributed by atoms with Crippen LogP contribution in [0.4, 0.5) is 0 Å². The molecule has 0 heteroatoms. The summed E-state index contributed by atoms with van der Waals surface area (Å²) in [5.74, 6) is 6.52. The Bertz CT molecular complexity index is 313. The molecular formula is C16H22. The highest BCUT2D eigenvalue weighted by molar-refractivity contribution is 5.14. The Labute approximate surface area is 100 Å². The van der Waals surface area contributed by atoms with Gasteiger partial charge < -0.3 is 0 Å². The van der Waals surface area contributed by atoms with Gasteiger partial charge in [-0.2, -0.15) is 0 Å². The van der Waals surface area contributed by atoms with Crippen molar-refractivity contribution in [3.63, 3.8) is 0 Å². The van der Waals surface area contributed by atoms with Crippen molar-refractivity contribution in [2.75, 3.05) is 0 Å². The highest BCUT2D eigenvalue weighted by Crippen LogP contribution is 2.04. The Morgan fingerprint density at radius 1 is 0.875 bits per heavy atom. The number of aryl methyl sites for hydroxylation is 1. The SMILES string of the molecule is CCCCCC#CCCCc1ccccc1. The van der Waals surface area contributed by atoms with Gasteiger partial charge in [-0.05, 0) is 24.8 Å². The summed E-state index contributed by atoms with van der Waals surface area (Å²) in [5.41, 5.74) is 1.43. The van der Waals surface area contributed by atoms with Gasteiger partial charge in [-0.1, -0.05) is 50.1 Å². The molecule has 0 saturated carbocycles. The Morgan fingerprint density at radius 3 is 2.25 bits per heavy atom. The molecule has 0 aromatic heterocycles. The van der Waals surface area contributed by atoms with Crippen molar-refractivity contribution in [1.29, 1.82) is 0 Å². The maximum absolute atomic E-state index is 3.26. The molecule has 0 atom stereocenters. The molecule has 0 unspecified atom stereocenters. The summed E-state index contributed by atoms with van der Waals surface area (Å²) < 4.78 is 0. The molecule has 0 radical (unpaired) electrons. The zero-order valence-corrected chi connectivity index (χ0v) is 10.3. The molecule has 0 spiro atoms. The van der Waals surface area contributed by atoms with Crippen LogP contribution in [0.1, 0.15) is 51.0 Å². The number of unbranched alkanes of at least 4 members (excludes halogenated alkanes) is 4. The lowest BCUT2D eigenvalue weighted by molar-refractivity contribution is 0.736. The Balaban J connectivity index is 2.03. The zero-order valence-electron chi connectivity index (χ0n) is 10.3. The molecule has 0 saturated heterocycles. The van der Waals surface area contributed by atoms with Crippen LogP contribution < -0.4 is 0 Å². The summed E-state index contributed by atoms with van der Waals surface area (Å²) in [5, 5.41) is 0. The van der Waals surface area contributed by atoms with E-state index in [1.54, 1.807) is 0 Å². The molecule has 0 bridgehead atoms. The minimum absolute atomic E-state index is 1.04. The lowest BCUT2D eigenvalue weighted by Gasteiger charge is -1.96. The first-order chi connectivity index (χ1) is 7.93. The van der Waals surface area contributed by atoms with Crippen molar-refractivity contribution in [3.05, 3.63) is 35.9 Å². The number of hydrogen-bond donors (Lipinski definition) is 0. The van der Waals surface area contributed by atoms with E-state index in [1.165, 1.54) is 31.2 Å². The van der Waals surface area contributed by atoms with Crippen molar-refractivity contribution in [2.45, 2.75) is 51.9 Å². The third-order valence-electron chi connectivity index (χ3n) is 2.64. The van der Waals surface area contributed by atoms with Gasteiger partial charge in [0.1, 0.15) is 0 Å². The topological polar surface area (TPSA) is 0 Å². The van der Waals surface area contributed by atoms with E-state index in [1.807, 2.05) is 0 Å². The average molecular weight is 214 g/mol. The van der Waals surface area contributed by atoms with Gasteiger partial charge in [0.25, 0.3) is 0 Å². The van der Waals surface area contributed by atoms with Crippen molar-refractivity contribution in [2.24, 2.45) is 0 Å². The molecule has 0 aliphatic heterocycles. The van der Waals surface area contributed by atoms with Gasteiger partial charge in [-0.15, -0.1) is 11.8 Å². The summed E-state index contributed by atoms with van der Waals surface area (Å²) in [4.78, 5) is 0. The largest absolute Gasteiger partial charge is 0.103 e. The van der Waals surface area contributed by atoms with Crippen LogP contribution in [0.5, 0.6) is 0 Å². The van der Waals surface area contributed by atoms with E-state index < -0.39 is 0 Å². The second-order valence-corrected chi connectivity index (χ2v) is 4.15. The minimum atomic E-state index is 1.04. The fraction of sp³-hybridized carbons (Fsp3) is 0.500. The summed E-state index contributed by atoms with van der Waals surface area (Å²) in [7, 11) is 0. The lowest BCUT2D eigenvalue weighted by Crippen LogP contribution is -1.83. The quantitative estimate of drug-likeness (QED) is 0.480. The molecular weight excluding hydrogens is 192 g/mol. The zero-order chi connectivity index (χ0) is 11.5. The average Bonchev–Trinajstić information content (AvgIpc) is 2.34. The van der Waals surface area contributed by atoms with Crippen molar-refractivity contribution < 1.29 is 0 Å². The first-order valence-electron chi connectivity index (χ1n) is 6.43. The molecule has 0 heterocycles. The van der Waals surface area contributed by atoms with Crippen LogP contribution in [0.25, 0.3) is 0 Å². The first kappa shape index (κ1) is 12.8. The van der Waals surface area contributed by atoms with Crippen LogP contribution in [0.2, 0.25) is 0 Å². The second kappa shape index (κ2) is 9.04. The van der Waals surface area contributed by atoms with Crippen molar-refractivity contribution >= 4 is 0 Å². The molecule has 0 nitrogen and oxygen atoms in total. The smallest absolute Gasteiger partial charge is 0.00918 e. The number of rotatable bonds is 6. The summed E-state index contributed by atoms with van der Waals surface area (Å²) in [6.07, 6.45) is 8.34. The standard InChI is InChI=1S/C16H22/c1-2-3-4-5-6-7-8-10-13-16-14-11-9-12-15-16/h9,11-12,14-15H,2-5,8,10,13H2,1H3. The fourth-order valence-electron chi connectivity index (χ4n) is 1.67. The minimum Gasteiger partial charge on any atom is -0.103 e. The van der Waals surface area contributed by atoms with Gasteiger partial charge in [0.2, 0.25) is 0 Å². The molecule has 0 N–H and O–H groups in total. The third kappa shape index (κ3) is 6.30. The van der Waals surface area contributed by atoms with E-state index in [4.69, 9.17) is 0 Å². The van der Waals surface area contributed by atoms with Crippen LogP contribution in [0.15, 0.2) is 30.3 Å². The molecule has 0 fully saturated rings.